The Morgan fingerprint density at radius 1 is 1.37 bits per heavy atom. The molecule has 1 atom stereocenters. The maximum Gasteiger partial charge on any atom is 0.339 e. The van der Waals surface area contributed by atoms with Gasteiger partial charge in [0, 0.05) is 12.2 Å². The summed E-state index contributed by atoms with van der Waals surface area (Å²) >= 11 is 0. The van der Waals surface area contributed by atoms with Crippen molar-refractivity contribution in [2.24, 2.45) is 0 Å². The molecular formula is C16H17N7O4. The number of aromatic carboxylic acids is 1. The van der Waals surface area contributed by atoms with Gasteiger partial charge >= 0.3 is 5.97 Å². The topological polar surface area (TPSA) is 160 Å². The predicted octanol–water partition coefficient (Wildman–Crippen LogP) is 0.856. The highest BCUT2D eigenvalue weighted by atomic mass is 16.4. The molecule has 1 fully saturated rings. The monoisotopic (exact) mass is 371 g/mol. The van der Waals surface area contributed by atoms with E-state index in [1.807, 2.05) is 4.90 Å². The Balaban J connectivity index is 1.74. The molecule has 0 unspecified atom stereocenters. The Morgan fingerprint density at radius 2 is 2.22 bits per heavy atom. The number of hydrogen-bond donors (Lipinski definition) is 5. The molecular weight excluding hydrogens is 354 g/mol. The third kappa shape index (κ3) is 3.08. The Labute approximate surface area is 152 Å². The Hall–Kier alpha value is -3.47. The van der Waals surface area contributed by atoms with Crippen LogP contribution in [-0.4, -0.2) is 65.9 Å². The number of H-pyrrole nitrogens is 1. The van der Waals surface area contributed by atoms with Gasteiger partial charge in [-0.2, -0.15) is 9.97 Å². The summed E-state index contributed by atoms with van der Waals surface area (Å²) in [4.78, 5) is 22.1. The number of nitrogens with one attached hydrogen (secondary N) is 2. The van der Waals surface area contributed by atoms with E-state index >= 15 is 0 Å². The average Bonchev–Trinajstić information content (AvgIpc) is 3.31. The third-order valence-corrected chi connectivity index (χ3v) is 4.52. The van der Waals surface area contributed by atoms with Crippen LogP contribution in [0.2, 0.25) is 0 Å². The van der Waals surface area contributed by atoms with Gasteiger partial charge in [0.05, 0.1) is 12.6 Å². The van der Waals surface area contributed by atoms with Crippen LogP contribution in [0.3, 0.4) is 0 Å². The summed E-state index contributed by atoms with van der Waals surface area (Å²) < 4.78 is 0. The van der Waals surface area contributed by atoms with Crippen LogP contribution >= 0.6 is 0 Å². The SMILES string of the molecule is O=C(O)c1cc(Nc2nc(N3CCC[C@@H]3CO)nc3nn[nH]c23)ccc1O. The van der Waals surface area contributed by atoms with E-state index in [1.165, 1.54) is 18.2 Å². The van der Waals surface area contributed by atoms with E-state index in [0.717, 1.165) is 19.4 Å². The van der Waals surface area contributed by atoms with Crippen molar-refractivity contribution in [2.45, 2.75) is 18.9 Å². The molecule has 11 nitrogen and oxygen atoms in total. The lowest BCUT2D eigenvalue weighted by atomic mass is 10.2. The first-order valence-electron chi connectivity index (χ1n) is 8.36. The lowest BCUT2D eigenvalue weighted by Crippen LogP contribution is -2.33. The van der Waals surface area contributed by atoms with E-state index in [0.29, 0.717) is 28.6 Å². The van der Waals surface area contributed by atoms with Crippen molar-refractivity contribution in [3.05, 3.63) is 23.8 Å². The number of hydrogen-bond acceptors (Lipinski definition) is 9. The Kier molecular flexibility index (Phi) is 4.20. The molecule has 0 radical (unpaired) electrons. The summed E-state index contributed by atoms with van der Waals surface area (Å²) in [6.07, 6.45) is 1.77. The molecule has 11 heteroatoms. The molecule has 1 aliphatic rings. The standard InChI is InChI=1S/C16H17N7O4/c24-7-9-2-1-5-23(9)16-18-13(12-14(19-16)21-22-20-12)17-8-3-4-11(25)10(6-8)15(26)27/h3-4,6,9,24-25H,1-2,5,7H2,(H,26,27)(H2,17,18,19,20,21,22)/t9-/m1/s1. The number of aliphatic hydroxyl groups is 1. The van der Waals surface area contributed by atoms with Crippen LogP contribution in [0.4, 0.5) is 17.5 Å². The highest BCUT2D eigenvalue weighted by molar-refractivity contribution is 5.93. The van der Waals surface area contributed by atoms with Gasteiger partial charge in [0.15, 0.2) is 5.82 Å². The molecule has 4 rings (SSSR count). The van der Waals surface area contributed by atoms with Crippen LogP contribution in [0, 0.1) is 0 Å². The van der Waals surface area contributed by atoms with Crippen LogP contribution in [0.5, 0.6) is 5.75 Å². The van der Waals surface area contributed by atoms with Crippen molar-refractivity contribution < 1.29 is 20.1 Å². The second-order valence-corrected chi connectivity index (χ2v) is 6.22. The molecule has 0 bridgehead atoms. The fourth-order valence-electron chi connectivity index (χ4n) is 3.16. The van der Waals surface area contributed by atoms with Crippen molar-refractivity contribution >= 4 is 34.6 Å². The number of anilines is 3. The number of carboxylic acids is 1. The number of fused-ring (bicyclic) bond motifs is 1. The minimum Gasteiger partial charge on any atom is -0.507 e. The maximum absolute atomic E-state index is 11.2. The summed E-state index contributed by atoms with van der Waals surface area (Å²) in [5, 5.41) is 41.8. The van der Waals surface area contributed by atoms with E-state index in [2.05, 4.69) is 30.7 Å². The van der Waals surface area contributed by atoms with Gasteiger partial charge in [0.2, 0.25) is 11.6 Å². The van der Waals surface area contributed by atoms with Crippen molar-refractivity contribution in [3.63, 3.8) is 0 Å². The number of aromatic hydroxyl groups is 1. The molecule has 27 heavy (non-hydrogen) atoms. The molecule has 140 valence electrons. The first-order valence-corrected chi connectivity index (χ1v) is 8.36. The summed E-state index contributed by atoms with van der Waals surface area (Å²) in [5.41, 5.74) is 1.01. The Bertz CT molecular complexity index is 1010. The fraction of sp³-hybridized carbons (Fsp3) is 0.312. The molecule has 0 aliphatic carbocycles. The molecule has 5 N–H and O–H groups in total. The number of aromatic amines is 1. The second-order valence-electron chi connectivity index (χ2n) is 6.22. The van der Waals surface area contributed by atoms with Gasteiger partial charge in [-0.15, -0.1) is 5.10 Å². The normalized spacial score (nSPS) is 16.8. The van der Waals surface area contributed by atoms with Gasteiger partial charge in [-0.05, 0) is 31.0 Å². The smallest absolute Gasteiger partial charge is 0.339 e. The molecule has 2 aromatic heterocycles. The quantitative estimate of drug-likeness (QED) is 0.407. The van der Waals surface area contributed by atoms with E-state index in [9.17, 15) is 15.0 Å². The zero-order valence-electron chi connectivity index (χ0n) is 14.1. The van der Waals surface area contributed by atoms with Crippen molar-refractivity contribution in [1.29, 1.82) is 0 Å². The van der Waals surface area contributed by atoms with Crippen LogP contribution in [-0.2, 0) is 0 Å². The van der Waals surface area contributed by atoms with Crippen molar-refractivity contribution in [3.8, 4) is 5.75 Å². The molecule has 0 spiro atoms. The van der Waals surface area contributed by atoms with Crippen LogP contribution < -0.4 is 10.2 Å². The number of rotatable bonds is 5. The summed E-state index contributed by atoms with van der Waals surface area (Å²) in [6.45, 7) is 0.722. The number of aromatic nitrogens is 5. The highest BCUT2D eigenvalue weighted by Gasteiger charge is 2.27. The number of nitrogens with zero attached hydrogens (tertiary/aromatic N) is 5. The first-order chi connectivity index (χ1) is 13.1. The second kappa shape index (κ2) is 6.68. The number of phenols is 1. The fourth-order valence-corrected chi connectivity index (χ4v) is 3.16. The zero-order chi connectivity index (χ0) is 19.0. The molecule has 0 amide bonds. The number of carboxylic acid groups (broad SMARTS) is 1. The summed E-state index contributed by atoms with van der Waals surface area (Å²) in [6, 6.07) is 4.07. The van der Waals surface area contributed by atoms with Gasteiger partial charge < -0.3 is 25.5 Å². The van der Waals surface area contributed by atoms with Gasteiger partial charge in [0.25, 0.3) is 0 Å². The van der Waals surface area contributed by atoms with E-state index < -0.39 is 5.97 Å². The molecule has 1 saturated heterocycles. The lowest BCUT2D eigenvalue weighted by Gasteiger charge is -2.23. The van der Waals surface area contributed by atoms with Gasteiger partial charge in [-0.3, -0.25) is 5.10 Å². The molecule has 3 heterocycles. The van der Waals surface area contributed by atoms with Crippen molar-refractivity contribution in [2.75, 3.05) is 23.4 Å². The van der Waals surface area contributed by atoms with Gasteiger partial charge in [-0.1, -0.05) is 5.21 Å². The van der Waals surface area contributed by atoms with E-state index in [1.54, 1.807) is 0 Å². The molecule has 0 saturated carbocycles. The number of benzene rings is 1. The predicted molar refractivity (Wildman–Crippen MR) is 95.3 cm³/mol. The Morgan fingerprint density at radius 3 is 3.00 bits per heavy atom. The minimum atomic E-state index is -1.24. The minimum absolute atomic E-state index is 0.00289. The summed E-state index contributed by atoms with van der Waals surface area (Å²) in [5.74, 6) is -0.790. The van der Waals surface area contributed by atoms with E-state index in [4.69, 9.17) is 5.11 Å². The number of carbonyl (C=O) groups is 1. The van der Waals surface area contributed by atoms with Crippen LogP contribution in [0.15, 0.2) is 18.2 Å². The molecule has 1 aliphatic heterocycles. The average molecular weight is 371 g/mol. The molecule has 1 aromatic carbocycles. The molecule has 3 aromatic rings. The van der Waals surface area contributed by atoms with Gasteiger partial charge in [0.1, 0.15) is 16.8 Å². The first kappa shape index (κ1) is 17.0. The zero-order valence-corrected chi connectivity index (χ0v) is 14.1. The van der Waals surface area contributed by atoms with Crippen molar-refractivity contribution in [1.82, 2.24) is 25.4 Å². The number of aliphatic hydroxyl groups excluding tert-OH is 1. The lowest BCUT2D eigenvalue weighted by molar-refractivity contribution is 0.0694. The van der Waals surface area contributed by atoms with Crippen LogP contribution in [0.25, 0.3) is 11.2 Å². The maximum atomic E-state index is 11.2. The van der Waals surface area contributed by atoms with Crippen LogP contribution in [0.1, 0.15) is 23.2 Å². The van der Waals surface area contributed by atoms with E-state index in [-0.39, 0.29) is 24.0 Å². The largest absolute Gasteiger partial charge is 0.507 e. The third-order valence-electron chi connectivity index (χ3n) is 4.52. The summed E-state index contributed by atoms with van der Waals surface area (Å²) in [7, 11) is 0. The van der Waals surface area contributed by atoms with Gasteiger partial charge in [-0.25, -0.2) is 4.79 Å². The highest BCUT2D eigenvalue weighted by Crippen LogP contribution is 2.29.